The molecule has 0 aromatic heterocycles. The SMILES string of the molecule is C[C@H]1OC(OC(=N)C(Cl)(Cl)Cl)C[C@@H](OCc2ccccc2)[C@@H]1OCc1ccccc1. The lowest BCUT2D eigenvalue weighted by molar-refractivity contribution is -0.246. The lowest BCUT2D eigenvalue weighted by Crippen LogP contribution is -2.51. The highest BCUT2D eigenvalue weighted by Gasteiger charge is 2.41. The molecule has 2 aromatic rings. The molecule has 1 heterocycles. The lowest BCUT2D eigenvalue weighted by atomic mass is 10.0. The second kappa shape index (κ2) is 10.8. The first-order valence-corrected chi connectivity index (χ1v) is 10.7. The molecule has 5 nitrogen and oxygen atoms in total. The van der Waals surface area contributed by atoms with Gasteiger partial charge < -0.3 is 18.9 Å². The fraction of sp³-hybridized carbons (Fsp3) is 0.409. The third-order valence-electron chi connectivity index (χ3n) is 4.72. The molecular weight excluding hydrogens is 449 g/mol. The van der Waals surface area contributed by atoms with Crippen LogP contribution in [0.5, 0.6) is 0 Å². The maximum Gasteiger partial charge on any atom is 0.265 e. The number of nitrogens with one attached hydrogen (secondary N) is 1. The smallest absolute Gasteiger partial charge is 0.265 e. The topological polar surface area (TPSA) is 60.8 Å². The first kappa shape index (κ1) is 23.3. The van der Waals surface area contributed by atoms with E-state index < -0.39 is 16.0 Å². The molecule has 1 aliphatic heterocycles. The summed E-state index contributed by atoms with van der Waals surface area (Å²) < 4.78 is 21.7. The zero-order chi connectivity index (χ0) is 21.6. The van der Waals surface area contributed by atoms with Crippen LogP contribution < -0.4 is 0 Å². The predicted octanol–water partition coefficient (Wildman–Crippen LogP) is 5.66. The van der Waals surface area contributed by atoms with Gasteiger partial charge in [0.05, 0.1) is 25.4 Å². The minimum Gasteiger partial charge on any atom is -0.448 e. The van der Waals surface area contributed by atoms with E-state index in [0.717, 1.165) is 11.1 Å². The Balaban J connectivity index is 1.68. The lowest BCUT2D eigenvalue weighted by Gasteiger charge is -2.40. The van der Waals surface area contributed by atoms with Crippen molar-refractivity contribution in [1.29, 1.82) is 5.41 Å². The molecule has 0 aliphatic carbocycles. The molecule has 8 heteroatoms. The fourth-order valence-electron chi connectivity index (χ4n) is 3.22. The van der Waals surface area contributed by atoms with E-state index in [1.807, 2.05) is 67.6 Å². The summed E-state index contributed by atoms with van der Waals surface area (Å²) in [7, 11) is 0. The van der Waals surface area contributed by atoms with Crippen LogP contribution in [0.15, 0.2) is 60.7 Å². The Morgan fingerprint density at radius 3 is 2.03 bits per heavy atom. The average molecular weight is 473 g/mol. The summed E-state index contributed by atoms with van der Waals surface area (Å²) in [5, 5.41) is 7.82. The zero-order valence-corrected chi connectivity index (χ0v) is 18.7. The van der Waals surface area contributed by atoms with Crippen LogP contribution in [-0.2, 0) is 32.2 Å². The van der Waals surface area contributed by atoms with Gasteiger partial charge in [-0.1, -0.05) is 95.5 Å². The highest BCUT2D eigenvalue weighted by atomic mass is 35.6. The maximum absolute atomic E-state index is 7.82. The van der Waals surface area contributed by atoms with Gasteiger partial charge in [0, 0.05) is 6.42 Å². The van der Waals surface area contributed by atoms with Gasteiger partial charge in [0.2, 0.25) is 12.2 Å². The molecule has 0 spiro atoms. The van der Waals surface area contributed by atoms with E-state index in [4.69, 9.17) is 59.2 Å². The van der Waals surface area contributed by atoms with Crippen LogP contribution >= 0.6 is 34.8 Å². The Hall–Kier alpha value is -1.34. The molecule has 1 unspecified atom stereocenters. The second-order valence-electron chi connectivity index (χ2n) is 7.05. The van der Waals surface area contributed by atoms with Crippen LogP contribution in [-0.4, -0.2) is 34.3 Å². The van der Waals surface area contributed by atoms with Crippen molar-refractivity contribution in [1.82, 2.24) is 0 Å². The normalized spacial score (nSPS) is 24.4. The largest absolute Gasteiger partial charge is 0.448 e. The summed E-state index contributed by atoms with van der Waals surface area (Å²) in [4.78, 5) is 0. The molecule has 0 radical (unpaired) electrons. The van der Waals surface area contributed by atoms with Crippen molar-refractivity contribution >= 4 is 40.7 Å². The highest BCUT2D eigenvalue weighted by Crippen LogP contribution is 2.32. The third-order valence-corrected chi connectivity index (χ3v) is 5.23. The third kappa shape index (κ3) is 6.84. The van der Waals surface area contributed by atoms with Crippen LogP contribution in [0.3, 0.4) is 0 Å². The van der Waals surface area contributed by atoms with Gasteiger partial charge >= 0.3 is 0 Å². The van der Waals surface area contributed by atoms with Crippen molar-refractivity contribution in [3.05, 3.63) is 71.8 Å². The zero-order valence-electron chi connectivity index (χ0n) is 16.5. The highest BCUT2D eigenvalue weighted by molar-refractivity contribution is 6.76. The van der Waals surface area contributed by atoms with Crippen molar-refractivity contribution < 1.29 is 18.9 Å². The summed E-state index contributed by atoms with van der Waals surface area (Å²) >= 11 is 17.2. The molecule has 162 valence electrons. The molecule has 3 rings (SSSR count). The standard InChI is InChI=1S/C22H24Cl3NO4/c1-15-20(28-14-17-10-6-3-7-11-17)18(27-13-16-8-4-2-5-9-16)12-19(29-15)30-21(26)22(23,24)25/h2-11,15,18-20,26H,12-14H2,1H3/t15-,18-,19?,20-/m1/s1. The summed E-state index contributed by atoms with van der Waals surface area (Å²) in [5.74, 6) is -0.491. The second-order valence-corrected chi connectivity index (χ2v) is 9.33. The van der Waals surface area contributed by atoms with Crippen LogP contribution in [0.2, 0.25) is 0 Å². The number of alkyl halides is 3. The van der Waals surface area contributed by atoms with Gasteiger partial charge in [0.1, 0.15) is 6.10 Å². The van der Waals surface area contributed by atoms with Crippen molar-refractivity contribution in [2.24, 2.45) is 0 Å². The Morgan fingerprint density at radius 2 is 1.50 bits per heavy atom. The molecule has 0 saturated carbocycles. The van der Waals surface area contributed by atoms with Gasteiger partial charge in [-0.05, 0) is 18.1 Å². The molecule has 0 amide bonds. The molecular formula is C22H24Cl3NO4. The molecule has 1 aliphatic rings. The molecule has 4 atom stereocenters. The Labute approximate surface area is 191 Å². The fourth-order valence-corrected chi connectivity index (χ4v) is 3.36. The number of rotatable bonds is 7. The summed E-state index contributed by atoms with van der Waals surface area (Å²) in [6, 6.07) is 19.8. The van der Waals surface area contributed by atoms with Crippen molar-refractivity contribution in [2.45, 2.75) is 55.0 Å². The maximum atomic E-state index is 7.82. The first-order valence-electron chi connectivity index (χ1n) is 9.62. The van der Waals surface area contributed by atoms with E-state index in [1.54, 1.807) is 0 Å². The van der Waals surface area contributed by atoms with Crippen molar-refractivity contribution in [3.63, 3.8) is 0 Å². The van der Waals surface area contributed by atoms with Crippen molar-refractivity contribution in [2.75, 3.05) is 0 Å². The summed E-state index contributed by atoms with van der Waals surface area (Å²) in [6.45, 7) is 2.72. The minimum absolute atomic E-state index is 0.323. The number of hydrogen-bond donors (Lipinski definition) is 1. The molecule has 30 heavy (non-hydrogen) atoms. The molecule has 1 fully saturated rings. The number of benzene rings is 2. The van der Waals surface area contributed by atoms with E-state index in [1.165, 1.54) is 0 Å². The Morgan fingerprint density at radius 1 is 0.967 bits per heavy atom. The molecule has 1 N–H and O–H groups in total. The predicted molar refractivity (Wildman–Crippen MR) is 118 cm³/mol. The van der Waals surface area contributed by atoms with Gasteiger partial charge in [-0.2, -0.15) is 0 Å². The van der Waals surface area contributed by atoms with Gasteiger partial charge in [0.25, 0.3) is 3.79 Å². The van der Waals surface area contributed by atoms with E-state index in [9.17, 15) is 0 Å². The summed E-state index contributed by atoms with van der Waals surface area (Å²) in [5.41, 5.74) is 2.10. The quantitative estimate of drug-likeness (QED) is 0.321. The monoisotopic (exact) mass is 471 g/mol. The number of hydrogen-bond acceptors (Lipinski definition) is 5. The van der Waals surface area contributed by atoms with Crippen LogP contribution in [0.25, 0.3) is 0 Å². The Kier molecular flexibility index (Phi) is 8.40. The van der Waals surface area contributed by atoms with E-state index in [0.29, 0.717) is 19.6 Å². The van der Waals surface area contributed by atoms with E-state index in [-0.39, 0.29) is 18.3 Å². The molecule has 0 bridgehead atoms. The van der Waals surface area contributed by atoms with Crippen LogP contribution in [0.1, 0.15) is 24.5 Å². The van der Waals surface area contributed by atoms with Crippen LogP contribution in [0, 0.1) is 5.41 Å². The van der Waals surface area contributed by atoms with Gasteiger partial charge in [0.15, 0.2) is 0 Å². The number of halogens is 3. The van der Waals surface area contributed by atoms with Gasteiger partial charge in [-0.15, -0.1) is 0 Å². The van der Waals surface area contributed by atoms with Crippen LogP contribution in [0.4, 0.5) is 0 Å². The van der Waals surface area contributed by atoms with E-state index >= 15 is 0 Å². The van der Waals surface area contributed by atoms with Crippen molar-refractivity contribution in [3.8, 4) is 0 Å². The molecule has 1 saturated heterocycles. The average Bonchev–Trinajstić information content (AvgIpc) is 2.72. The van der Waals surface area contributed by atoms with Gasteiger partial charge in [-0.3, -0.25) is 5.41 Å². The minimum atomic E-state index is -1.95. The van der Waals surface area contributed by atoms with Gasteiger partial charge in [-0.25, -0.2) is 0 Å². The van der Waals surface area contributed by atoms with E-state index in [2.05, 4.69) is 0 Å². The number of ether oxygens (including phenoxy) is 4. The first-order chi connectivity index (χ1) is 14.3. The summed E-state index contributed by atoms with van der Waals surface area (Å²) in [6.07, 6.45) is -1.45. The molecule has 2 aromatic carbocycles. The Bertz CT molecular complexity index is 801.